The van der Waals surface area contributed by atoms with E-state index in [1.54, 1.807) is 9.80 Å². The van der Waals surface area contributed by atoms with Crippen molar-refractivity contribution in [3.05, 3.63) is 23.8 Å². The number of likely N-dealkylation sites (tertiary alicyclic amines) is 1. The van der Waals surface area contributed by atoms with Crippen molar-refractivity contribution in [2.75, 3.05) is 31.1 Å². The summed E-state index contributed by atoms with van der Waals surface area (Å²) in [7, 11) is 0. The van der Waals surface area contributed by atoms with Gasteiger partial charge in [-0.15, -0.1) is 0 Å². The molecule has 7 nitrogen and oxygen atoms in total. The Kier molecular flexibility index (Phi) is 4.92. The maximum Gasteiger partial charge on any atom is 0.308 e. The number of benzene rings is 1. The van der Waals surface area contributed by atoms with E-state index in [1.807, 2.05) is 25.1 Å². The van der Waals surface area contributed by atoms with Crippen LogP contribution in [0.1, 0.15) is 24.8 Å². The van der Waals surface area contributed by atoms with Gasteiger partial charge in [-0.3, -0.25) is 14.4 Å². The number of carboxylic acid groups (broad SMARTS) is 1. The first-order valence-electron chi connectivity index (χ1n) is 8.50. The first-order chi connectivity index (χ1) is 12.0. The fraction of sp³-hybridized carbons (Fsp3) is 0.500. The molecule has 0 bridgehead atoms. The summed E-state index contributed by atoms with van der Waals surface area (Å²) in [5.74, 6) is -0.995. The number of carbonyl (C=O) groups is 3. The van der Waals surface area contributed by atoms with Crippen molar-refractivity contribution in [3.63, 3.8) is 0 Å². The normalized spacial score (nSPS) is 20.0. The van der Waals surface area contributed by atoms with Crippen LogP contribution in [0.3, 0.4) is 0 Å². The molecule has 1 fully saturated rings. The number of carbonyl (C=O) groups excluding carboxylic acids is 2. The van der Waals surface area contributed by atoms with E-state index in [0.717, 1.165) is 5.56 Å². The second-order valence-electron chi connectivity index (χ2n) is 6.57. The van der Waals surface area contributed by atoms with Gasteiger partial charge < -0.3 is 19.6 Å². The minimum Gasteiger partial charge on any atom is -0.482 e. The fourth-order valence-corrected chi connectivity index (χ4v) is 3.33. The Morgan fingerprint density at radius 1 is 1.36 bits per heavy atom. The van der Waals surface area contributed by atoms with Crippen LogP contribution in [-0.4, -0.2) is 54.0 Å². The highest BCUT2D eigenvalue weighted by Crippen LogP contribution is 2.33. The molecular weight excluding hydrogens is 324 g/mol. The van der Waals surface area contributed by atoms with Crippen molar-refractivity contribution in [2.45, 2.75) is 26.2 Å². The molecule has 0 saturated carbocycles. The number of carboxylic acids is 1. The van der Waals surface area contributed by atoms with Gasteiger partial charge in [-0.1, -0.05) is 6.07 Å². The summed E-state index contributed by atoms with van der Waals surface area (Å²) >= 11 is 0. The van der Waals surface area contributed by atoms with Crippen LogP contribution in [0.5, 0.6) is 5.75 Å². The molecule has 1 atom stereocenters. The summed E-state index contributed by atoms with van der Waals surface area (Å²) in [5, 5.41) is 9.14. The van der Waals surface area contributed by atoms with Gasteiger partial charge in [0.05, 0.1) is 11.6 Å². The molecule has 1 saturated heterocycles. The SMILES string of the molecule is Cc1ccc2c(c1)N(CCC(=O)N1CCCC(C(=O)O)C1)C(=O)CO2. The summed E-state index contributed by atoms with van der Waals surface area (Å²) < 4.78 is 5.43. The van der Waals surface area contributed by atoms with Crippen LogP contribution in [-0.2, 0) is 14.4 Å². The first-order valence-corrected chi connectivity index (χ1v) is 8.50. The van der Waals surface area contributed by atoms with Gasteiger partial charge in [0.15, 0.2) is 6.61 Å². The van der Waals surface area contributed by atoms with Crippen LogP contribution in [0.4, 0.5) is 5.69 Å². The fourth-order valence-electron chi connectivity index (χ4n) is 3.33. The van der Waals surface area contributed by atoms with Gasteiger partial charge in [-0.25, -0.2) is 0 Å². The third-order valence-corrected chi connectivity index (χ3v) is 4.73. The molecule has 2 heterocycles. The van der Waals surface area contributed by atoms with Gasteiger partial charge >= 0.3 is 5.97 Å². The van der Waals surface area contributed by atoms with Gasteiger partial charge in [-0.2, -0.15) is 0 Å². The number of amides is 2. The number of nitrogens with zero attached hydrogens (tertiary/aromatic N) is 2. The molecule has 0 aliphatic carbocycles. The van der Waals surface area contributed by atoms with Gasteiger partial charge in [0.25, 0.3) is 5.91 Å². The molecule has 2 aliphatic heterocycles. The average molecular weight is 346 g/mol. The minimum absolute atomic E-state index is 0.0327. The van der Waals surface area contributed by atoms with E-state index in [2.05, 4.69) is 0 Å². The second kappa shape index (κ2) is 7.13. The van der Waals surface area contributed by atoms with E-state index in [4.69, 9.17) is 9.84 Å². The van der Waals surface area contributed by atoms with E-state index in [0.29, 0.717) is 30.8 Å². The monoisotopic (exact) mass is 346 g/mol. The van der Waals surface area contributed by atoms with Crippen LogP contribution in [0.2, 0.25) is 0 Å². The summed E-state index contributed by atoms with van der Waals surface area (Å²) in [6.45, 7) is 3.00. The van der Waals surface area contributed by atoms with Crippen molar-refractivity contribution in [1.82, 2.24) is 4.90 Å². The smallest absolute Gasteiger partial charge is 0.308 e. The van der Waals surface area contributed by atoms with Crippen molar-refractivity contribution >= 4 is 23.5 Å². The van der Waals surface area contributed by atoms with Gasteiger partial charge in [-0.05, 0) is 37.5 Å². The molecule has 3 rings (SSSR count). The topological polar surface area (TPSA) is 87.2 Å². The molecule has 1 aromatic rings. The quantitative estimate of drug-likeness (QED) is 0.891. The lowest BCUT2D eigenvalue weighted by Gasteiger charge is -2.33. The zero-order valence-corrected chi connectivity index (χ0v) is 14.2. The lowest BCUT2D eigenvalue weighted by Crippen LogP contribution is -2.45. The summed E-state index contributed by atoms with van der Waals surface area (Å²) in [5.41, 5.74) is 1.69. The third-order valence-electron chi connectivity index (χ3n) is 4.73. The number of hydrogen-bond acceptors (Lipinski definition) is 4. The largest absolute Gasteiger partial charge is 0.482 e. The summed E-state index contributed by atoms with van der Waals surface area (Å²) in [6, 6.07) is 5.62. The zero-order chi connectivity index (χ0) is 18.0. The van der Waals surface area contributed by atoms with E-state index >= 15 is 0 Å². The Hall–Kier alpha value is -2.57. The number of fused-ring (bicyclic) bond motifs is 1. The first kappa shape index (κ1) is 17.3. The maximum absolute atomic E-state index is 12.5. The lowest BCUT2D eigenvalue weighted by molar-refractivity contribution is -0.145. The highest BCUT2D eigenvalue weighted by molar-refractivity contribution is 5.98. The van der Waals surface area contributed by atoms with Crippen molar-refractivity contribution in [2.24, 2.45) is 5.92 Å². The van der Waals surface area contributed by atoms with Crippen LogP contribution >= 0.6 is 0 Å². The van der Waals surface area contributed by atoms with E-state index in [-0.39, 0.29) is 37.9 Å². The standard InChI is InChI=1S/C18H22N2O5/c1-12-4-5-15-14(9-12)20(17(22)11-25-15)8-6-16(21)19-7-2-3-13(10-19)18(23)24/h4-5,9,13H,2-3,6-8,10-11H2,1H3,(H,23,24). The summed E-state index contributed by atoms with van der Waals surface area (Å²) in [6.07, 6.45) is 1.47. The third kappa shape index (κ3) is 3.75. The maximum atomic E-state index is 12.5. The molecule has 1 unspecified atom stereocenters. The predicted molar refractivity (Wildman–Crippen MR) is 90.6 cm³/mol. The second-order valence-corrected chi connectivity index (χ2v) is 6.57. The number of hydrogen-bond donors (Lipinski definition) is 1. The van der Waals surface area contributed by atoms with Crippen LogP contribution in [0.25, 0.3) is 0 Å². The van der Waals surface area contributed by atoms with E-state index < -0.39 is 11.9 Å². The molecule has 25 heavy (non-hydrogen) atoms. The lowest BCUT2D eigenvalue weighted by atomic mass is 9.98. The van der Waals surface area contributed by atoms with E-state index in [1.165, 1.54) is 0 Å². The molecule has 0 radical (unpaired) electrons. The van der Waals surface area contributed by atoms with Crippen LogP contribution < -0.4 is 9.64 Å². The molecule has 134 valence electrons. The van der Waals surface area contributed by atoms with Crippen LogP contribution in [0, 0.1) is 12.8 Å². The minimum atomic E-state index is -0.856. The van der Waals surface area contributed by atoms with Crippen LogP contribution in [0.15, 0.2) is 18.2 Å². The number of piperidine rings is 1. The number of ether oxygens (including phenoxy) is 1. The summed E-state index contributed by atoms with van der Waals surface area (Å²) in [4.78, 5) is 39.0. The van der Waals surface area contributed by atoms with Gasteiger partial charge in [0.2, 0.25) is 5.91 Å². The Morgan fingerprint density at radius 3 is 2.92 bits per heavy atom. The number of aliphatic carboxylic acids is 1. The molecule has 1 N–H and O–H groups in total. The predicted octanol–water partition coefficient (Wildman–Crippen LogP) is 1.43. The molecular formula is C18H22N2O5. The highest BCUT2D eigenvalue weighted by atomic mass is 16.5. The van der Waals surface area contributed by atoms with Gasteiger partial charge in [0, 0.05) is 26.1 Å². The number of aryl methyl sites for hydroxylation is 1. The molecule has 2 aliphatic rings. The number of anilines is 1. The van der Waals surface area contributed by atoms with Gasteiger partial charge in [0.1, 0.15) is 5.75 Å². The molecule has 2 amide bonds. The Morgan fingerprint density at radius 2 is 2.16 bits per heavy atom. The Balaban J connectivity index is 1.65. The van der Waals surface area contributed by atoms with Crippen molar-refractivity contribution < 1.29 is 24.2 Å². The molecule has 0 spiro atoms. The van der Waals surface area contributed by atoms with Crippen molar-refractivity contribution in [1.29, 1.82) is 0 Å². The molecule has 0 aromatic heterocycles. The zero-order valence-electron chi connectivity index (χ0n) is 14.2. The molecule has 7 heteroatoms. The highest BCUT2D eigenvalue weighted by Gasteiger charge is 2.30. The Bertz CT molecular complexity index is 703. The number of rotatable bonds is 4. The van der Waals surface area contributed by atoms with E-state index in [9.17, 15) is 14.4 Å². The Labute approximate surface area is 146 Å². The molecule has 1 aromatic carbocycles. The van der Waals surface area contributed by atoms with Crippen molar-refractivity contribution in [3.8, 4) is 5.75 Å². The average Bonchev–Trinajstić information content (AvgIpc) is 2.60.